The Morgan fingerprint density at radius 2 is 2.03 bits per heavy atom. The third kappa shape index (κ3) is 5.36. The minimum Gasteiger partial charge on any atom is -0.487 e. The van der Waals surface area contributed by atoms with Gasteiger partial charge in [0.15, 0.2) is 0 Å². The lowest BCUT2D eigenvalue weighted by Gasteiger charge is -2.37. The zero-order chi connectivity index (χ0) is 23.7. The third-order valence-electron chi connectivity index (χ3n) is 6.33. The van der Waals surface area contributed by atoms with Crippen molar-refractivity contribution >= 4 is 25.6 Å². The summed E-state index contributed by atoms with van der Waals surface area (Å²) in [7, 11) is -5.87. The Balaban J connectivity index is 2.11. The van der Waals surface area contributed by atoms with Crippen LogP contribution in [0.3, 0.4) is 0 Å². The molecule has 1 N–H and O–H groups in total. The molecule has 180 valence electrons. The summed E-state index contributed by atoms with van der Waals surface area (Å²) in [5.41, 5.74) is 2.09. The van der Waals surface area contributed by atoms with Gasteiger partial charge in [-0.25, -0.2) is 21.1 Å². The van der Waals surface area contributed by atoms with E-state index in [1.807, 2.05) is 6.92 Å². The Kier molecular flexibility index (Phi) is 7.71. The molecule has 0 saturated carbocycles. The molecule has 0 radical (unpaired) electrons. The highest BCUT2D eigenvalue weighted by atomic mass is 32.2. The molecule has 0 fully saturated rings. The summed E-state index contributed by atoms with van der Waals surface area (Å²) < 4.78 is 59.8. The molecule has 0 amide bonds. The number of rotatable bonds is 6. The molecule has 0 spiro atoms. The molecule has 1 aliphatic carbocycles. The van der Waals surface area contributed by atoms with Crippen molar-refractivity contribution in [2.45, 2.75) is 56.6 Å². The minimum absolute atomic E-state index is 0.0388. The number of nitrogens with zero attached hydrogens (tertiary/aromatic N) is 2. The number of likely N-dealkylation sites (N-methyl/N-ethyl adjacent to an activating group) is 1. The van der Waals surface area contributed by atoms with E-state index in [9.17, 15) is 21.9 Å². The number of hydrogen-bond acceptors (Lipinski definition) is 6. The smallest absolute Gasteiger partial charge is 0.247 e. The standard InChI is InChI=1S/C22H34N2O6S2/c1-16-13-24(17(2)15-25)32(28,29)22-11-10-19(18-8-6-5-7-9-18)12-20(22)30-21(16)14-23(3)31(4,26)27/h8,10-12,16-17,21,25H,5-7,9,13-15H2,1-4H3/t16-,17-,21+/m0/s1. The number of fused-ring (bicyclic) bond motifs is 1. The summed E-state index contributed by atoms with van der Waals surface area (Å²) in [4.78, 5) is 0.0388. The fraction of sp³-hybridized carbons (Fsp3) is 0.636. The molecule has 0 unspecified atom stereocenters. The van der Waals surface area contributed by atoms with Crippen molar-refractivity contribution < 1.29 is 26.7 Å². The molecule has 3 atom stereocenters. The number of hydrogen-bond donors (Lipinski definition) is 1. The summed E-state index contributed by atoms with van der Waals surface area (Å²) in [5.74, 6) is -0.0868. The molecule has 0 aromatic heterocycles. The van der Waals surface area contributed by atoms with Gasteiger partial charge in [-0.15, -0.1) is 0 Å². The Morgan fingerprint density at radius 1 is 1.31 bits per heavy atom. The fourth-order valence-electron chi connectivity index (χ4n) is 4.13. The number of aliphatic hydroxyl groups excluding tert-OH is 1. The first-order chi connectivity index (χ1) is 14.9. The second kappa shape index (κ2) is 9.80. The molecule has 1 heterocycles. The SMILES string of the molecule is C[C@H]1CN([C@@H](C)CO)S(=O)(=O)c2ccc(C3=CCCCC3)cc2O[C@@H]1CN(C)S(C)(=O)=O. The van der Waals surface area contributed by atoms with E-state index in [2.05, 4.69) is 6.08 Å². The zero-order valence-corrected chi connectivity index (χ0v) is 20.8. The summed E-state index contributed by atoms with van der Waals surface area (Å²) in [6.45, 7) is 3.38. The second-order valence-corrected chi connectivity index (χ2v) is 12.9. The van der Waals surface area contributed by atoms with Gasteiger partial charge in [0.05, 0.1) is 19.4 Å². The largest absolute Gasteiger partial charge is 0.487 e. The van der Waals surface area contributed by atoms with Gasteiger partial charge in [0.25, 0.3) is 0 Å². The van der Waals surface area contributed by atoms with E-state index in [1.165, 1.54) is 21.2 Å². The molecule has 32 heavy (non-hydrogen) atoms. The number of allylic oxidation sites excluding steroid dienone is 2. The molecule has 1 aliphatic heterocycles. The summed E-state index contributed by atoms with van der Waals surface area (Å²) in [6, 6.07) is 4.51. The lowest BCUT2D eigenvalue weighted by molar-refractivity contribution is 0.0905. The van der Waals surface area contributed by atoms with Crippen molar-refractivity contribution in [2.75, 3.05) is 33.0 Å². The van der Waals surface area contributed by atoms with Gasteiger partial charge in [-0.1, -0.05) is 19.1 Å². The van der Waals surface area contributed by atoms with Crippen molar-refractivity contribution in [3.8, 4) is 5.75 Å². The number of ether oxygens (including phenoxy) is 1. The van der Waals surface area contributed by atoms with Crippen LogP contribution in [0.1, 0.15) is 45.1 Å². The quantitative estimate of drug-likeness (QED) is 0.662. The molecule has 0 bridgehead atoms. The highest BCUT2D eigenvalue weighted by Crippen LogP contribution is 2.37. The van der Waals surface area contributed by atoms with E-state index in [1.54, 1.807) is 25.1 Å². The van der Waals surface area contributed by atoms with Gasteiger partial charge in [0.2, 0.25) is 20.0 Å². The van der Waals surface area contributed by atoms with Crippen LogP contribution in [0.15, 0.2) is 29.2 Å². The van der Waals surface area contributed by atoms with Crippen LogP contribution in [-0.4, -0.2) is 75.7 Å². The van der Waals surface area contributed by atoms with E-state index < -0.39 is 32.2 Å². The summed E-state index contributed by atoms with van der Waals surface area (Å²) in [6.07, 6.45) is 6.90. The van der Waals surface area contributed by atoms with E-state index in [-0.39, 0.29) is 36.3 Å². The molecule has 8 nitrogen and oxygen atoms in total. The zero-order valence-electron chi connectivity index (χ0n) is 19.2. The van der Waals surface area contributed by atoms with Crippen LogP contribution in [0.2, 0.25) is 0 Å². The van der Waals surface area contributed by atoms with Crippen LogP contribution >= 0.6 is 0 Å². The van der Waals surface area contributed by atoms with Crippen LogP contribution in [-0.2, 0) is 20.0 Å². The first-order valence-electron chi connectivity index (χ1n) is 11.0. The van der Waals surface area contributed by atoms with Crippen molar-refractivity contribution in [3.05, 3.63) is 29.8 Å². The summed E-state index contributed by atoms with van der Waals surface area (Å²) in [5, 5.41) is 9.72. The first kappa shape index (κ1) is 25.2. The van der Waals surface area contributed by atoms with Gasteiger partial charge in [-0.05, 0) is 55.9 Å². The lowest BCUT2D eigenvalue weighted by atomic mass is 9.93. The topological polar surface area (TPSA) is 104 Å². The van der Waals surface area contributed by atoms with E-state index in [0.29, 0.717) is 0 Å². The Bertz CT molecular complexity index is 1070. The molecule has 10 heteroatoms. The average molecular weight is 487 g/mol. The number of benzene rings is 1. The van der Waals surface area contributed by atoms with Gasteiger partial charge < -0.3 is 9.84 Å². The van der Waals surface area contributed by atoms with Gasteiger partial charge in [-0.3, -0.25) is 0 Å². The summed E-state index contributed by atoms with van der Waals surface area (Å²) >= 11 is 0. The number of aliphatic hydroxyl groups is 1. The number of sulfonamides is 2. The van der Waals surface area contributed by atoms with E-state index >= 15 is 0 Å². The lowest BCUT2D eigenvalue weighted by Crippen LogP contribution is -2.50. The predicted molar refractivity (Wildman–Crippen MR) is 124 cm³/mol. The Morgan fingerprint density at radius 3 is 2.62 bits per heavy atom. The van der Waals surface area contributed by atoms with Gasteiger partial charge >= 0.3 is 0 Å². The molecule has 1 aromatic carbocycles. The van der Waals surface area contributed by atoms with Crippen LogP contribution < -0.4 is 4.74 Å². The van der Waals surface area contributed by atoms with Gasteiger partial charge in [-0.2, -0.15) is 4.31 Å². The Hall–Kier alpha value is -1.46. The van der Waals surface area contributed by atoms with E-state index in [4.69, 9.17) is 4.74 Å². The fourth-order valence-corrected chi connectivity index (χ4v) is 6.38. The molecule has 3 rings (SSSR count). The second-order valence-electron chi connectivity index (χ2n) is 8.92. The maximum atomic E-state index is 13.5. The maximum Gasteiger partial charge on any atom is 0.247 e. The van der Waals surface area contributed by atoms with Crippen LogP contribution in [0.4, 0.5) is 0 Å². The monoisotopic (exact) mass is 486 g/mol. The van der Waals surface area contributed by atoms with Crippen molar-refractivity contribution in [3.63, 3.8) is 0 Å². The first-order valence-corrected chi connectivity index (χ1v) is 14.3. The predicted octanol–water partition coefficient (Wildman–Crippen LogP) is 2.30. The van der Waals surface area contributed by atoms with Crippen LogP contribution in [0.5, 0.6) is 5.75 Å². The van der Waals surface area contributed by atoms with Crippen molar-refractivity contribution in [2.24, 2.45) is 5.92 Å². The van der Waals surface area contributed by atoms with Gasteiger partial charge in [0.1, 0.15) is 16.7 Å². The van der Waals surface area contributed by atoms with Gasteiger partial charge in [0, 0.05) is 25.6 Å². The van der Waals surface area contributed by atoms with E-state index in [0.717, 1.165) is 37.5 Å². The Labute approximate surface area is 192 Å². The van der Waals surface area contributed by atoms with Crippen molar-refractivity contribution in [1.29, 1.82) is 0 Å². The highest BCUT2D eigenvalue weighted by Gasteiger charge is 2.38. The molecule has 1 aromatic rings. The minimum atomic E-state index is -3.92. The van der Waals surface area contributed by atoms with Crippen LogP contribution in [0.25, 0.3) is 5.57 Å². The van der Waals surface area contributed by atoms with Crippen LogP contribution in [0, 0.1) is 5.92 Å². The highest BCUT2D eigenvalue weighted by molar-refractivity contribution is 7.89. The third-order valence-corrected chi connectivity index (χ3v) is 9.63. The molecule has 2 aliphatic rings. The van der Waals surface area contributed by atoms with Crippen molar-refractivity contribution in [1.82, 2.24) is 8.61 Å². The normalized spacial score (nSPS) is 25.2. The molecular formula is C22H34N2O6S2. The molecular weight excluding hydrogens is 452 g/mol. The maximum absolute atomic E-state index is 13.5. The molecule has 0 saturated heterocycles. The average Bonchev–Trinajstić information content (AvgIpc) is 2.75.